The van der Waals surface area contributed by atoms with Gasteiger partial charge in [-0.05, 0) is 24.5 Å². The maximum absolute atomic E-state index is 3.53. The van der Waals surface area contributed by atoms with Crippen LogP contribution >= 0.6 is 15.9 Å². The molecule has 1 aromatic carbocycles. The van der Waals surface area contributed by atoms with Crippen LogP contribution in [0.3, 0.4) is 0 Å². The van der Waals surface area contributed by atoms with Crippen molar-refractivity contribution in [3.63, 3.8) is 0 Å². The Morgan fingerprint density at radius 3 is 2.75 bits per heavy atom. The van der Waals surface area contributed by atoms with Gasteiger partial charge in [0.05, 0.1) is 0 Å². The first-order valence-electron chi connectivity index (χ1n) is 4.33. The summed E-state index contributed by atoms with van der Waals surface area (Å²) in [4.78, 5) is 0. The number of halogens is 1. The summed E-state index contributed by atoms with van der Waals surface area (Å²) in [5.41, 5.74) is 1.35. The minimum atomic E-state index is 0.789. The van der Waals surface area contributed by atoms with Crippen molar-refractivity contribution in [1.82, 2.24) is 5.32 Å². The van der Waals surface area contributed by atoms with Crippen LogP contribution < -0.4 is 5.32 Å². The van der Waals surface area contributed by atoms with Crippen molar-refractivity contribution in [3.05, 3.63) is 34.3 Å². The van der Waals surface area contributed by atoms with Crippen LogP contribution in [0.5, 0.6) is 0 Å². The van der Waals surface area contributed by atoms with Crippen LogP contribution in [0.1, 0.15) is 18.4 Å². The molecule has 64 valence electrons. The average molecular weight is 226 g/mol. The average Bonchev–Trinajstić information content (AvgIpc) is 2.86. The third-order valence-electron chi connectivity index (χ3n) is 2.12. The molecule has 1 aliphatic rings. The van der Waals surface area contributed by atoms with Gasteiger partial charge in [-0.15, -0.1) is 0 Å². The van der Waals surface area contributed by atoms with Gasteiger partial charge in [0.2, 0.25) is 0 Å². The molecule has 1 saturated carbocycles. The highest BCUT2D eigenvalue weighted by molar-refractivity contribution is 9.10. The van der Waals surface area contributed by atoms with Gasteiger partial charge in [-0.25, -0.2) is 0 Å². The number of hydrogen-bond donors (Lipinski definition) is 1. The van der Waals surface area contributed by atoms with Crippen molar-refractivity contribution in [1.29, 1.82) is 0 Å². The zero-order chi connectivity index (χ0) is 8.39. The minimum absolute atomic E-state index is 0.789. The van der Waals surface area contributed by atoms with E-state index in [4.69, 9.17) is 0 Å². The summed E-state index contributed by atoms with van der Waals surface area (Å²) >= 11 is 3.53. The lowest BCUT2D eigenvalue weighted by Gasteiger charge is -2.04. The Bertz CT molecular complexity index is 268. The molecule has 0 radical (unpaired) electrons. The minimum Gasteiger partial charge on any atom is -0.310 e. The Morgan fingerprint density at radius 2 is 2.08 bits per heavy atom. The quantitative estimate of drug-likeness (QED) is 0.835. The molecular formula is C10H12BrN. The van der Waals surface area contributed by atoms with E-state index in [2.05, 4.69) is 39.4 Å². The van der Waals surface area contributed by atoms with Gasteiger partial charge < -0.3 is 5.32 Å². The Kier molecular flexibility index (Phi) is 2.47. The third-order valence-corrected chi connectivity index (χ3v) is 2.89. The van der Waals surface area contributed by atoms with E-state index >= 15 is 0 Å². The lowest BCUT2D eigenvalue weighted by molar-refractivity contribution is 0.686. The zero-order valence-corrected chi connectivity index (χ0v) is 8.47. The van der Waals surface area contributed by atoms with Crippen LogP contribution in [0.2, 0.25) is 0 Å². The molecule has 0 aliphatic heterocycles. The molecule has 12 heavy (non-hydrogen) atoms. The second-order valence-electron chi connectivity index (χ2n) is 3.25. The molecule has 2 heteroatoms. The predicted molar refractivity (Wildman–Crippen MR) is 54.0 cm³/mol. The number of benzene rings is 1. The second kappa shape index (κ2) is 3.58. The highest BCUT2D eigenvalue weighted by Gasteiger charge is 2.20. The van der Waals surface area contributed by atoms with E-state index < -0.39 is 0 Å². The molecule has 1 fully saturated rings. The number of hydrogen-bond acceptors (Lipinski definition) is 1. The monoisotopic (exact) mass is 225 g/mol. The SMILES string of the molecule is Brc1ccccc1CNC1CC1. The lowest BCUT2D eigenvalue weighted by atomic mass is 10.2. The molecular weight excluding hydrogens is 214 g/mol. The first-order chi connectivity index (χ1) is 5.86. The van der Waals surface area contributed by atoms with Crippen molar-refractivity contribution in [2.24, 2.45) is 0 Å². The van der Waals surface area contributed by atoms with Gasteiger partial charge in [0.1, 0.15) is 0 Å². The van der Waals surface area contributed by atoms with Crippen LogP contribution in [-0.4, -0.2) is 6.04 Å². The van der Waals surface area contributed by atoms with E-state index in [-0.39, 0.29) is 0 Å². The maximum atomic E-state index is 3.53. The fourth-order valence-electron chi connectivity index (χ4n) is 1.18. The fourth-order valence-corrected chi connectivity index (χ4v) is 1.61. The molecule has 0 bridgehead atoms. The Hall–Kier alpha value is -0.340. The standard InChI is InChI=1S/C10H12BrN/c11-10-4-2-1-3-8(10)7-12-9-5-6-9/h1-4,9,12H,5-7H2. The van der Waals surface area contributed by atoms with E-state index in [0.717, 1.165) is 12.6 Å². The van der Waals surface area contributed by atoms with Crippen LogP contribution in [0.25, 0.3) is 0 Å². The van der Waals surface area contributed by atoms with Crippen LogP contribution in [0.15, 0.2) is 28.7 Å². The Morgan fingerprint density at radius 1 is 1.33 bits per heavy atom. The molecule has 1 aromatic rings. The smallest absolute Gasteiger partial charge is 0.0220 e. The Balaban J connectivity index is 1.96. The number of nitrogens with one attached hydrogen (secondary N) is 1. The van der Waals surface area contributed by atoms with E-state index in [1.165, 1.54) is 22.9 Å². The van der Waals surface area contributed by atoms with Gasteiger partial charge in [-0.2, -0.15) is 0 Å². The first kappa shape index (κ1) is 8.27. The van der Waals surface area contributed by atoms with Crippen molar-refractivity contribution in [2.45, 2.75) is 25.4 Å². The third kappa shape index (κ3) is 2.08. The molecule has 1 aliphatic carbocycles. The molecule has 1 nitrogen and oxygen atoms in total. The van der Waals surface area contributed by atoms with E-state index in [1.54, 1.807) is 0 Å². The predicted octanol–water partition coefficient (Wildman–Crippen LogP) is 2.70. The fraction of sp³-hybridized carbons (Fsp3) is 0.400. The van der Waals surface area contributed by atoms with Gasteiger partial charge in [0.25, 0.3) is 0 Å². The highest BCUT2D eigenvalue weighted by atomic mass is 79.9. The molecule has 0 heterocycles. The summed E-state index contributed by atoms with van der Waals surface area (Å²) in [5, 5.41) is 3.48. The normalized spacial score (nSPS) is 16.4. The van der Waals surface area contributed by atoms with Crippen LogP contribution in [0.4, 0.5) is 0 Å². The summed E-state index contributed by atoms with van der Waals surface area (Å²) in [5.74, 6) is 0. The molecule has 0 atom stereocenters. The van der Waals surface area contributed by atoms with Gasteiger partial charge >= 0.3 is 0 Å². The van der Waals surface area contributed by atoms with Crippen molar-refractivity contribution >= 4 is 15.9 Å². The van der Waals surface area contributed by atoms with Crippen molar-refractivity contribution in [2.75, 3.05) is 0 Å². The van der Waals surface area contributed by atoms with Gasteiger partial charge in [0.15, 0.2) is 0 Å². The van der Waals surface area contributed by atoms with Gasteiger partial charge in [-0.1, -0.05) is 34.1 Å². The van der Waals surface area contributed by atoms with Crippen molar-refractivity contribution < 1.29 is 0 Å². The summed E-state index contributed by atoms with van der Waals surface area (Å²) in [6, 6.07) is 9.15. The highest BCUT2D eigenvalue weighted by Crippen LogP contribution is 2.21. The van der Waals surface area contributed by atoms with Crippen molar-refractivity contribution in [3.8, 4) is 0 Å². The Labute approximate surface area is 81.3 Å². The summed E-state index contributed by atoms with van der Waals surface area (Å²) in [6.07, 6.45) is 2.70. The van der Waals surface area contributed by atoms with Gasteiger partial charge in [0, 0.05) is 17.1 Å². The molecule has 2 rings (SSSR count). The molecule has 1 N–H and O–H groups in total. The lowest BCUT2D eigenvalue weighted by Crippen LogP contribution is -2.15. The summed E-state index contributed by atoms with van der Waals surface area (Å²) < 4.78 is 1.21. The van der Waals surface area contributed by atoms with Gasteiger partial charge in [-0.3, -0.25) is 0 Å². The molecule has 0 unspecified atom stereocenters. The molecule has 0 amide bonds. The number of rotatable bonds is 3. The molecule has 0 saturated heterocycles. The maximum Gasteiger partial charge on any atom is 0.0220 e. The van der Waals surface area contributed by atoms with E-state index in [0.29, 0.717) is 0 Å². The molecule has 0 aromatic heterocycles. The van der Waals surface area contributed by atoms with E-state index in [1.807, 2.05) is 6.07 Å². The second-order valence-corrected chi connectivity index (χ2v) is 4.10. The first-order valence-corrected chi connectivity index (χ1v) is 5.12. The van der Waals surface area contributed by atoms with Crippen LogP contribution in [0, 0.1) is 0 Å². The van der Waals surface area contributed by atoms with E-state index in [9.17, 15) is 0 Å². The summed E-state index contributed by atoms with van der Waals surface area (Å²) in [7, 11) is 0. The van der Waals surface area contributed by atoms with Crippen LogP contribution in [-0.2, 0) is 6.54 Å². The largest absolute Gasteiger partial charge is 0.310 e. The topological polar surface area (TPSA) is 12.0 Å². The summed E-state index contributed by atoms with van der Waals surface area (Å²) in [6.45, 7) is 0.992. The molecule has 0 spiro atoms. The zero-order valence-electron chi connectivity index (χ0n) is 6.89.